The van der Waals surface area contributed by atoms with Crippen molar-refractivity contribution in [2.24, 2.45) is 0 Å². The number of aromatic hydroxyl groups is 2. The fourth-order valence-electron chi connectivity index (χ4n) is 5.79. The standard InChI is InChI=1S/C17H16Br2O2.C15H12Br2O2/c1-17(2)11-7-13(18)15(20-3)5-9(11)10-6-16(21-4)14(19)8-12(10)17;1-15(2)9-5-11(16)13(18)3-7(9)8-4-14(19)12(17)6-10(8)15/h5-8H,1-4H3;3-6,18-19H,1-2H3. The van der Waals surface area contributed by atoms with Crippen LogP contribution in [0.1, 0.15) is 49.9 Å². The summed E-state index contributed by atoms with van der Waals surface area (Å²) in [6.45, 7) is 8.78. The minimum atomic E-state index is -0.156. The molecule has 8 heteroatoms. The highest BCUT2D eigenvalue weighted by Gasteiger charge is 2.38. The second-order valence-corrected chi connectivity index (χ2v) is 14.4. The molecule has 0 radical (unpaired) electrons. The van der Waals surface area contributed by atoms with E-state index in [9.17, 15) is 10.2 Å². The van der Waals surface area contributed by atoms with Gasteiger partial charge in [0, 0.05) is 10.8 Å². The highest BCUT2D eigenvalue weighted by atomic mass is 79.9. The van der Waals surface area contributed by atoms with Crippen LogP contribution in [0.25, 0.3) is 22.3 Å². The van der Waals surface area contributed by atoms with Gasteiger partial charge < -0.3 is 19.7 Å². The second kappa shape index (κ2) is 10.4. The van der Waals surface area contributed by atoms with Crippen LogP contribution < -0.4 is 9.47 Å². The number of fused-ring (bicyclic) bond motifs is 6. The second-order valence-electron chi connectivity index (χ2n) is 11.0. The summed E-state index contributed by atoms with van der Waals surface area (Å²) >= 11 is 13.9. The maximum absolute atomic E-state index is 9.88. The Morgan fingerprint density at radius 3 is 1.05 bits per heavy atom. The van der Waals surface area contributed by atoms with Crippen molar-refractivity contribution in [3.63, 3.8) is 0 Å². The molecule has 0 aliphatic heterocycles. The quantitative estimate of drug-likeness (QED) is 0.212. The molecule has 0 bridgehead atoms. The summed E-state index contributed by atoms with van der Waals surface area (Å²) in [6.07, 6.45) is 0. The highest BCUT2D eigenvalue weighted by molar-refractivity contribution is 9.11. The molecule has 4 nitrogen and oxygen atoms in total. The molecule has 40 heavy (non-hydrogen) atoms. The molecular formula is C32H28Br4O4. The van der Waals surface area contributed by atoms with Crippen LogP contribution in [0, 0.1) is 0 Å². The largest absolute Gasteiger partial charge is 0.507 e. The van der Waals surface area contributed by atoms with Crippen molar-refractivity contribution in [2.75, 3.05) is 14.2 Å². The highest BCUT2D eigenvalue weighted by Crippen LogP contribution is 2.54. The third kappa shape index (κ3) is 4.59. The van der Waals surface area contributed by atoms with E-state index in [0.717, 1.165) is 42.7 Å². The van der Waals surface area contributed by atoms with E-state index in [-0.39, 0.29) is 22.3 Å². The molecule has 4 aromatic carbocycles. The zero-order valence-corrected chi connectivity index (χ0v) is 29.2. The predicted molar refractivity (Wildman–Crippen MR) is 175 cm³/mol. The molecule has 208 valence electrons. The Bertz CT molecular complexity index is 1570. The van der Waals surface area contributed by atoms with Gasteiger partial charge in [0.15, 0.2) is 0 Å². The fraction of sp³-hybridized carbons (Fsp3) is 0.250. The first-order valence-corrected chi connectivity index (χ1v) is 15.7. The third-order valence-electron chi connectivity index (χ3n) is 8.03. The SMILES string of the molecule is CC1(C)c2cc(Br)c(O)cc2-c2cc(O)c(Br)cc21.COc1cc2c(cc1Br)C(C)(C)c1cc(Br)c(OC)cc1-2. The summed E-state index contributed by atoms with van der Waals surface area (Å²) in [5.74, 6) is 2.12. The summed E-state index contributed by atoms with van der Waals surface area (Å²) in [6, 6.07) is 15.9. The van der Waals surface area contributed by atoms with Gasteiger partial charge >= 0.3 is 0 Å². The molecule has 0 unspecified atom stereocenters. The zero-order valence-electron chi connectivity index (χ0n) is 22.8. The van der Waals surface area contributed by atoms with Gasteiger partial charge in [0.05, 0.1) is 32.1 Å². The van der Waals surface area contributed by atoms with Gasteiger partial charge in [0.2, 0.25) is 0 Å². The molecule has 0 atom stereocenters. The molecule has 2 aliphatic carbocycles. The molecule has 2 aliphatic rings. The molecule has 0 saturated carbocycles. The number of phenols is 2. The Labute approximate surface area is 268 Å². The first kappa shape index (κ1) is 29.5. The molecule has 4 aromatic rings. The molecule has 0 amide bonds. The smallest absolute Gasteiger partial charge is 0.133 e. The maximum Gasteiger partial charge on any atom is 0.133 e. The van der Waals surface area contributed by atoms with Gasteiger partial charge in [-0.3, -0.25) is 0 Å². The molecule has 0 heterocycles. The molecule has 0 saturated heterocycles. The van der Waals surface area contributed by atoms with E-state index in [1.807, 2.05) is 12.1 Å². The average Bonchev–Trinajstić information content (AvgIpc) is 3.22. The van der Waals surface area contributed by atoms with E-state index < -0.39 is 0 Å². The normalized spacial score (nSPS) is 14.8. The Hall–Kier alpha value is -2.00. The monoisotopic (exact) mass is 792 g/mol. The lowest BCUT2D eigenvalue weighted by molar-refractivity contribution is 0.411. The lowest BCUT2D eigenvalue weighted by Gasteiger charge is -2.22. The van der Waals surface area contributed by atoms with Gasteiger partial charge in [-0.15, -0.1) is 0 Å². The van der Waals surface area contributed by atoms with Gasteiger partial charge in [-0.05, 0) is 157 Å². The van der Waals surface area contributed by atoms with Gasteiger partial charge in [-0.1, -0.05) is 27.7 Å². The van der Waals surface area contributed by atoms with Gasteiger partial charge in [0.1, 0.15) is 23.0 Å². The molecule has 2 N–H and O–H groups in total. The van der Waals surface area contributed by atoms with E-state index in [1.54, 1.807) is 26.4 Å². The number of rotatable bonds is 2. The van der Waals surface area contributed by atoms with Gasteiger partial charge in [-0.25, -0.2) is 0 Å². The summed E-state index contributed by atoms with van der Waals surface area (Å²) in [7, 11) is 3.38. The number of phenolic OH excluding ortho intramolecular Hbond substituents is 2. The molecule has 0 fully saturated rings. The van der Waals surface area contributed by atoms with E-state index >= 15 is 0 Å². The molecule has 0 aromatic heterocycles. The lowest BCUT2D eigenvalue weighted by atomic mass is 9.82. The van der Waals surface area contributed by atoms with Crippen LogP contribution in [0.2, 0.25) is 0 Å². The number of hydrogen-bond acceptors (Lipinski definition) is 4. The number of methoxy groups -OCH3 is 2. The van der Waals surface area contributed by atoms with Crippen molar-refractivity contribution in [3.8, 4) is 45.3 Å². The topological polar surface area (TPSA) is 58.9 Å². The summed E-state index contributed by atoms with van der Waals surface area (Å²) < 4.78 is 14.2. The first-order valence-electron chi connectivity index (χ1n) is 12.5. The van der Waals surface area contributed by atoms with Crippen molar-refractivity contribution in [3.05, 3.63) is 88.7 Å². The van der Waals surface area contributed by atoms with Crippen LogP contribution >= 0.6 is 63.7 Å². The van der Waals surface area contributed by atoms with E-state index in [0.29, 0.717) is 8.95 Å². The van der Waals surface area contributed by atoms with Crippen molar-refractivity contribution in [2.45, 2.75) is 38.5 Å². The summed E-state index contributed by atoms with van der Waals surface area (Å²) in [5, 5.41) is 19.8. The van der Waals surface area contributed by atoms with Gasteiger partial charge in [-0.2, -0.15) is 0 Å². The molecular weight excluding hydrogens is 768 g/mol. The minimum absolute atomic E-state index is 0.0474. The summed E-state index contributed by atoms with van der Waals surface area (Å²) in [5.41, 5.74) is 9.05. The minimum Gasteiger partial charge on any atom is -0.507 e. The van der Waals surface area contributed by atoms with Crippen molar-refractivity contribution in [1.29, 1.82) is 0 Å². The third-order valence-corrected chi connectivity index (χ3v) is 10.5. The Morgan fingerprint density at radius 2 is 0.750 bits per heavy atom. The Morgan fingerprint density at radius 1 is 0.475 bits per heavy atom. The van der Waals surface area contributed by atoms with Crippen molar-refractivity contribution >= 4 is 63.7 Å². The first-order chi connectivity index (χ1) is 18.7. The molecule has 0 spiro atoms. The van der Waals surface area contributed by atoms with Crippen LogP contribution in [0.4, 0.5) is 0 Å². The Kier molecular flexibility index (Phi) is 7.65. The van der Waals surface area contributed by atoms with Crippen LogP contribution in [-0.2, 0) is 10.8 Å². The van der Waals surface area contributed by atoms with Gasteiger partial charge in [0.25, 0.3) is 0 Å². The van der Waals surface area contributed by atoms with Crippen molar-refractivity contribution < 1.29 is 19.7 Å². The molecule has 6 rings (SSSR count). The lowest BCUT2D eigenvalue weighted by Crippen LogP contribution is -2.15. The Balaban J connectivity index is 0.000000162. The van der Waals surface area contributed by atoms with Crippen LogP contribution in [0.15, 0.2) is 66.4 Å². The number of benzene rings is 4. The van der Waals surface area contributed by atoms with E-state index in [4.69, 9.17) is 9.47 Å². The average molecular weight is 796 g/mol. The van der Waals surface area contributed by atoms with Crippen LogP contribution in [-0.4, -0.2) is 24.4 Å². The van der Waals surface area contributed by atoms with Crippen LogP contribution in [0.5, 0.6) is 23.0 Å². The number of halogens is 4. The van der Waals surface area contributed by atoms with Crippen LogP contribution in [0.3, 0.4) is 0 Å². The summed E-state index contributed by atoms with van der Waals surface area (Å²) in [4.78, 5) is 0. The zero-order chi connectivity index (χ0) is 29.3. The fourth-order valence-corrected chi connectivity index (χ4v) is 7.49. The number of ether oxygens (including phenoxy) is 2. The van der Waals surface area contributed by atoms with E-state index in [2.05, 4.69) is 116 Å². The van der Waals surface area contributed by atoms with Crippen molar-refractivity contribution in [1.82, 2.24) is 0 Å². The maximum atomic E-state index is 9.88. The predicted octanol–water partition coefficient (Wildman–Crippen LogP) is 10.5. The van der Waals surface area contributed by atoms with E-state index in [1.165, 1.54) is 22.3 Å². The number of hydrogen-bond donors (Lipinski definition) is 2.